The molecule has 5 aromatic rings. The molecule has 7 nitrogen and oxygen atoms in total. The number of amides is 2. The highest BCUT2D eigenvalue weighted by atomic mass is 16.5. The van der Waals surface area contributed by atoms with Crippen LogP contribution in [0.25, 0.3) is 21.9 Å². The maximum Gasteiger partial charge on any atom is 0.322 e. The summed E-state index contributed by atoms with van der Waals surface area (Å²) >= 11 is 0. The molecule has 312 valence electrons. The maximum atomic E-state index is 15.6. The molecule has 61 heavy (non-hydrogen) atoms. The molecule has 2 spiro atoms. The number of urea groups is 1. The predicted octanol–water partition coefficient (Wildman–Crippen LogP) is 11.0. The van der Waals surface area contributed by atoms with Gasteiger partial charge in [-0.05, 0) is 114 Å². The van der Waals surface area contributed by atoms with Crippen molar-refractivity contribution >= 4 is 28.3 Å². The Balaban J connectivity index is 1.06. The molecule has 2 amide bonds. The van der Waals surface area contributed by atoms with Crippen LogP contribution < -0.4 is 10.1 Å². The van der Waals surface area contributed by atoms with E-state index in [1.807, 2.05) is 84.9 Å². The number of fused-ring (bicyclic) bond motifs is 2. The van der Waals surface area contributed by atoms with Crippen LogP contribution in [0.4, 0.5) is 10.5 Å². The summed E-state index contributed by atoms with van der Waals surface area (Å²) in [7, 11) is 1.62. The SMILES string of the molecule is COc1ccc(NC(=O)N(Cc2cccc3ccccc23)CC2(O)CCC3C45C=CC6(C=C4C(=O)c4ccccc4-c4ccccc4)CC(O)CCC6(C)C5CCC32C)cc1. The number of carbonyl (C=O) groups is 2. The number of benzene rings is 5. The monoisotopic (exact) mass is 812 g/mol. The second kappa shape index (κ2) is 14.6. The number of rotatable bonds is 9. The van der Waals surface area contributed by atoms with Crippen molar-refractivity contribution in [1.29, 1.82) is 0 Å². The van der Waals surface area contributed by atoms with E-state index in [4.69, 9.17) is 4.74 Å². The summed E-state index contributed by atoms with van der Waals surface area (Å²) in [6, 6.07) is 39.6. The molecule has 3 saturated carbocycles. The van der Waals surface area contributed by atoms with Crippen LogP contribution in [0.3, 0.4) is 0 Å². The topological polar surface area (TPSA) is 99.1 Å². The van der Waals surface area contributed by atoms with Crippen LogP contribution in [0.15, 0.2) is 145 Å². The van der Waals surface area contributed by atoms with Gasteiger partial charge >= 0.3 is 6.03 Å². The molecular weight excluding hydrogens is 757 g/mol. The van der Waals surface area contributed by atoms with Gasteiger partial charge in [-0.1, -0.05) is 129 Å². The van der Waals surface area contributed by atoms with Gasteiger partial charge in [0, 0.05) is 39.6 Å². The maximum absolute atomic E-state index is 15.6. The molecule has 0 aromatic heterocycles. The molecule has 7 heteroatoms. The van der Waals surface area contributed by atoms with Gasteiger partial charge in [-0.25, -0.2) is 4.79 Å². The number of nitrogens with zero attached hydrogens (tertiary/aromatic N) is 1. The fourth-order valence-electron chi connectivity index (χ4n) is 13.3. The van der Waals surface area contributed by atoms with E-state index in [0.29, 0.717) is 42.8 Å². The van der Waals surface area contributed by atoms with Gasteiger partial charge in [-0.2, -0.15) is 0 Å². The molecule has 3 fully saturated rings. The third kappa shape index (κ3) is 5.98. The van der Waals surface area contributed by atoms with Crippen molar-refractivity contribution in [2.24, 2.45) is 33.5 Å². The van der Waals surface area contributed by atoms with Crippen LogP contribution in [0.1, 0.15) is 74.7 Å². The second-order valence-electron chi connectivity index (χ2n) is 19.2. The number of nitrogens with one attached hydrogen (secondary N) is 1. The zero-order valence-electron chi connectivity index (χ0n) is 35.4. The Kier molecular flexibility index (Phi) is 9.46. The van der Waals surface area contributed by atoms with Gasteiger partial charge in [0.2, 0.25) is 0 Å². The van der Waals surface area contributed by atoms with Crippen LogP contribution in [0.2, 0.25) is 0 Å². The minimum atomic E-state index is -1.25. The number of Topliss-reactive ketones (excluding diaryl/α,β-unsaturated/α-hetero) is 1. The lowest BCUT2D eigenvalue weighted by Gasteiger charge is -2.71. The molecular formula is C54H56N2O5. The Morgan fingerprint density at radius 1 is 0.770 bits per heavy atom. The predicted molar refractivity (Wildman–Crippen MR) is 241 cm³/mol. The summed E-state index contributed by atoms with van der Waals surface area (Å²) < 4.78 is 5.38. The summed E-state index contributed by atoms with van der Waals surface area (Å²) in [6.07, 6.45) is 11.6. The van der Waals surface area contributed by atoms with Gasteiger partial charge < -0.3 is 25.2 Å². The summed E-state index contributed by atoms with van der Waals surface area (Å²) in [4.78, 5) is 32.1. The first-order valence-electron chi connectivity index (χ1n) is 22.1. The van der Waals surface area contributed by atoms with E-state index in [9.17, 15) is 15.0 Å². The highest BCUT2D eigenvalue weighted by molar-refractivity contribution is 6.14. The van der Waals surface area contributed by atoms with Crippen molar-refractivity contribution in [1.82, 2.24) is 4.90 Å². The zero-order chi connectivity index (χ0) is 42.2. The van der Waals surface area contributed by atoms with E-state index in [0.717, 1.165) is 58.7 Å². The van der Waals surface area contributed by atoms with Crippen molar-refractivity contribution in [2.75, 3.05) is 19.0 Å². The Morgan fingerprint density at radius 2 is 1.46 bits per heavy atom. The molecule has 0 heterocycles. The zero-order valence-corrected chi connectivity index (χ0v) is 35.4. The second-order valence-corrected chi connectivity index (χ2v) is 19.2. The van der Waals surface area contributed by atoms with E-state index >= 15 is 4.79 Å². The number of anilines is 1. The van der Waals surface area contributed by atoms with Crippen LogP contribution >= 0.6 is 0 Å². The number of carbonyl (C=O) groups excluding carboxylic acids is 2. The van der Waals surface area contributed by atoms with Gasteiger partial charge in [-0.3, -0.25) is 4.79 Å². The van der Waals surface area contributed by atoms with Crippen molar-refractivity contribution in [3.8, 4) is 16.9 Å². The van der Waals surface area contributed by atoms with E-state index < -0.39 is 27.9 Å². The molecule has 0 aliphatic heterocycles. The first-order chi connectivity index (χ1) is 29.4. The minimum Gasteiger partial charge on any atom is -0.497 e. The molecule has 5 aromatic carbocycles. The number of hydrogen-bond donors (Lipinski definition) is 3. The average Bonchev–Trinajstić information content (AvgIpc) is 3.56. The van der Waals surface area contributed by atoms with E-state index in [1.165, 1.54) is 0 Å². The quantitative estimate of drug-likeness (QED) is 0.102. The highest BCUT2D eigenvalue weighted by Gasteiger charge is 2.74. The van der Waals surface area contributed by atoms with Crippen molar-refractivity contribution in [2.45, 2.75) is 77.0 Å². The minimum absolute atomic E-state index is 0.0337. The van der Waals surface area contributed by atoms with Gasteiger partial charge in [0.25, 0.3) is 0 Å². The molecule has 3 N–H and O–H groups in total. The Bertz CT molecular complexity index is 2580. The molecule has 6 aliphatic rings. The largest absolute Gasteiger partial charge is 0.497 e. The fourth-order valence-corrected chi connectivity index (χ4v) is 13.3. The Labute approximate surface area is 359 Å². The van der Waals surface area contributed by atoms with E-state index in [2.05, 4.69) is 73.8 Å². The van der Waals surface area contributed by atoms with Crippen LogP contribution in [-0.4, -0.2) is 52.3 Å². The highest BCUT2D eigenvalue weighted by Crippen LogP contribution is 2.78. The molecule has 0 saturated heterocycles. The number of methoxy groups -OCH3 is 1. The van der Waals surface area contributed by atoms with Crippen molar-refractivity contribution in [3.63, 3.8) is 0 Å². The molecule has 8 unspecified atom stereocenters. The first kappa shape index (κ1) is 39.6. The van der Waals surface area contributed by atoms with E-state index in [-0.39, 0.29) is 35.6 Å². The summed E-state index contributed by atoms with van der Waals surface area (Å²) in [5, 5.41) is 30.0. The van der Waals surface area contributed by atoms with Gasteiger partial charge in [0.1, 0.15) is 5.75 Å². The standard InChI is InChI=1S/C54H56N2O5/c1-50-27-24-40(57)32-52(50)30-31-54(45(33-52)48(58)44-19-10-9-18-43(44)37-12-5-4-6-13-37)46(50)25-28-51(2)47(54)26-29-53(51,60)35-56(49(59)55-39-20-22-41(61-3)23-21-39)34-38-16-11-15-36-14-7-8-17-42(36)38/h4-23,30-31,33,40,46-47,57,60H,24-29,32,34-35H2,1-3H3,(H,55,59). The summed E-state index contributed by atoms with van der Waals surface area (Å²) in [6.45, 7) is 5.09. The Hall–Kier alpha value is -5.50. The molecule has 2 bridgehead atoms. The van der Waals surface area contributed by atoms with Crippen molar-refractivity contribution in [3.05, 3.63) is 156 Å². The lowest BCUT2D eigenvalue weighted by atomic mass is 9.32. The summed E-state index contributed by atoms with van der Waals surface area (Å²) in [5.74, 6) is 0.817. The lowest BCUT2D eigenvalue weighted by molar-refractivity contribution is -0.174. The third-order valence-electron chi connectivity index (χ3n) is 16.5. The van der Waals surface area contributed by atoms with Gasteiger partial charge in [-0.15, -0.1) is 0 Å². The Morgan fingerprint density at radius 3 is 2.26 bits per heavy atom. The molecule has 0 radical (unpaired) electrons. The number of aliphatic hydroxyl groups excluding tert-OH is 1. The third-order valence-corrected chi connectivity index (χ3v) is 16.5. The van der Waals surface area contributed by atoms with Gasteiger partial charge in [0.05, 0.1) is 25.4 Å². The normalized spacial score (nSPS) is 32.0. The number of allylic oxidation sites excluding steroid dienone is 4. The molecule has 11 rings (SSSR count). The van der Waals surface area contributed by atoms with Crippen LogP contribution in [-0.2, 0) is 6.54 Å². The smallest absolute Gasteiger partial charge is 0.322 e. The lowest BCUT2D eigenvalue weighted by Crippen LogP contribution is -2.67. The fraction of sp³-hybridized carbons (Fsp3) is 0.370. The average molecular weight is 813 g/mol. The number of hydrogen-bond acceptors (Lipinski definition) is 5. The number of ketones is 1. The van der Waals surface area contributed by atoms with Crippen LogP contribution in [0.5, 0.6) is 5.75 Å². The van der Waals surface area contributed by atoms with Crippen molar-refractivity contribution < 1.29 is 24.5 Å². The van der Waals surface area contributed by atoms with E-state index in [1.54, 1.807) is 12.0 Å². The van der Waals surface area contributed by atoms with Crippen LogP contribution in [0, 0.1) is 33.5 Å². The number of ether oxygens (including phenoxy) is 1. The van der Waals surface area contributed by atoms with Gasteiger partial charge in [0.15, 0.2) is 5.78 Å². The molecule has 6 aliphatic carbocycles. The summed E-state index contributed by atoms with van der Waals surface area (Å²) in [5.41, 5.74) is 1.93. The first-order valence-corrected chi connectivity index (χ1v) is 22.1. The number of aliphatic hydroxyl groups is 2. The molecule has 8 atom stereocenters.